The molecule has 1 aliphatic heterocycles. The molecule has 2 aromatic rings. The summed E-state index contributed by atoms with van der Waals surface area (Å²) in [7, 11) is 0. The van der Waals surface area contributed by atoms with E-state index in [4.69, 9.17) is 45.4 Å². The van der Waals surface area contributed by atoms with E-state index in [2.05, 4.69) is 15.5 Å². The maximum absolute atomic E-state index is 13.5. The summed E-state index contributed by atoms with van der Waals surface area (Å²) in [5.41, 5.74) is 6.45. The van der Waals surface area contributed by atoms with Crippen molar-refractivity contribution in [2.24, 2.45) is 10.9 Å². The van der Waals surface area contributed by atoms with Crippen LogP contribution in [0.4, 0.5) is 10.1 Å². The van der Waals surface area contributed by atoms with E-state index in [1.54, 1.807) is 18.3 Å². The fourth-order valence-corrected chi connectivity index (χ4v) is 3.17. The second-order valence-electron chi connectivity index (χ2n) is 5.49. The number of rotatable bonds is 4. The molecule has 0 amide bonds. The van der Waals surface area contributed by atoms with E-state index in [0.29, 0.717) is 17.9 Å². The van der Waals surface area contributed by atoms with Crippen LogP contribution in [0.1, 0.15) is 17.7 Å². The highest BCUT2D eigenvalue weighted by molar-refractivity contribution is 6.45. The lowest BCUT2D eigenvalue weighted by Gasteiger charge is -2.28. The van der Waals surface area contributed by atoms with Crippen LogP contribution in [0.25, 0.3) is 0 Å². The van der Waals surface area contributed by atoms with Gasteiger partial charge in [0.05, 0.1) is 17.1 Å². The third kappa shape index (κ3) is 3.67. The minimum absolute atomic E-state index is 0.0439. The van der Waals surface area contributed by atoms with Crippen LogP contribution in [-0.4, -0.2) is 15.7 Å². The Balaban J connectivity index is 1.84. The number of pyridine rings is 1. The summed E-state index contributed by atoms with van der Waals surface area (Å²) in [6.07, 6.45) is 1.90. The predicted octanol–water partition coefficient (Wildman–Crippen LogP) is 4.18. The molecule has 0 radical (unpaired) electrons. The van der Waals surface area contributed by atoms with E-state index >= 15 is 0 Å². The van der Waals surface area contributed by atoms with E-state index < -0.39 is 16.3 Å². The summed E-state index contributed by atoms with van der Waals surface area (Å²) >= 11 is 18.2. The first-order valence-corrected chi connectivity index (χ1v) is 8.60. The maximum Gasteiger partial charge on any atom is 0.199 e. The molecule has 1 unspecified atom stereocenters. The normalized spacial score (nSPS) is 19.7. The molecule has 1 aromatic carbocycles. The first kappa shape index (κ1) is 18.2. The molecule has 0 aliphatic carbocycles. The number of hydrogen-bond donors (Lipinski definition) is 2. The van der Waals surface area contributed by atoms with Crippen molar-refractivity contribution in [1.82, 2.24) is 4.98 Å². The lowest BCUT2D eigenvalue weighted by atomic mass is 9.92. The van der Waals surface area contributed by atoms with Crippen molar-refractivity contribution in [2.75, 3.05) is 5.32 Å². The molecule has 0 fully saturated rings. The number of halogens is 4. The van der Waals surface area contributed by atoms with Gasteiger partial charge in [-0.25, -0.2) is 4.39 Å². The molecule has 0 spiro atoms. The molecule has 3 rings (SSSR count). The van der Waals surface area contributed by atoms with Crippen molar-refractivity contribution < 1.29 is 9.23 Å². The summed E-state index contributed by atoms with van der Waals surface area (Å²) < 4.78 is 13.5. The summed E-state index contributed by atoms with van der Waals surface area (Å²) in [5.74, 6) is -0.0226. The standard InChI is InChI=1S/C16H14Cl3FN4O/c17-12-5-9(1-2-13(12)20)16(15(18)19)7-14(24-25-16)23-10-3-4-22-11(6-10)8-21/h1-6,15H,7-8,21H2,(H,22,23,24). The SMILES string of the molecule is NCc1cc(NC2=NOC(c3ccc(F)c(Cl)c3)(C(Cl)Cl)C2)ccn1. The molecule has 5 nitrogen and oxygen atoms in total. The van der Waals surface area contributed by atoms with Gasteiger partial charge in [-0.3, -0.25) is 4.98 Å². The van der Waals surface area contributed by atoms with Gasteiger partial charge in [-0.15, -0.1) is 23.2 Å². The molecule has 2 heterocycles. The Morgan fingerprint density at radius 2 is 2.12 bits per heavy atom. The number of nitrogens with zero attached hydrogens (tertiary/aromatic N) is 2. The number of nitrogens with one attached hydrogen (secondary N) is 1. The van der Waals surface area contributed by atoms with Gasteiger partial charge in [0, 0.05) is 24.0 Å². The Hall–Kier alpha value is -1.60. The molecule has 0 bridgehead atoms. The highest BCUT2D eigenvalue weighted by atomic mass is 35.5. The van der Waals surface area contributed by atoms with Crippen LogP contribution < -0.4 is 11.1 Å². The zero-order valence-corrected chi connectivity index (χ0v) is 15.1. The molecule has 1 aliphatic rings. The molecule has 3 N–H and O–H groups in total. The minimum Gasteiger partial charge on any atom is -0.379 e. The summed E-state index contributed by atoms with van der Waals surface area (Å²) in [4.78, 5) is 8.74. The number of nitrogens with two attached hydrogens (primary N) is 1. The molecule has 1 atom stereocenters. The Bertz CT molecular complexity index is 818. The monoisotopic (exact) mass is 402 g/mol. The van der Waals surface area contributed by atoms with Gasteiger partial charge in [-0.05, 0) is 24.3 Å². The average molecular weight is 404 g/mol. The number of oxime groups is 1. The molecular weight excluding hydrogens is 390 g/mol. The Kier molecular flexibility index (Phi) is 5.34. The Morgan fingerprint density at radius 3 is 2.80 bits per heavy atom. The fraction of sp³-hybridized carbons (Fsp3) is 0.250. The quantitative estimate of drug-likeness (QED) is 0.751. The van der Waals surface area contributed by atoms with Crippen LogP contribution in [0.5, 0.6) is 0 Å². The van der Waals surface area contributed by atoms with Crippen molar-refractivity contribution >= 4 is 46.3 Å². The molecule has 132 valence electrons. The number of benzene rings is 1. The van der Waals surface area contributed by atoms with Gasteiger partial charge in [-0.1, -0.05) is 22.8 Å². The van der Waals surface area contributed by atoms with Crippen LogP contribution in [-0.2, 0) is 17.0 Å². The van der Waals surface area contributed by atoms with Crippen LogP contribution in [0.15, 0.2) is 41.7 Å². The fourth-order valence-electron chi connectivity index (χ4n) is 2.51. The highest BCUT2D eigenvalue weighted by Crippen LogP contribution is 2.43. The predicted molar refractivity (Wildman–Crippen MR) is 97.5 cm³/mol. The number of hydrogen-bond acceptors (Lipinski definition) is 5. The van der Waals surface area contributed by atoms with Crippen molar-refractivity contribution in [3.05, 3.63) is 58.6 Å². The van der Waals surface area contributed by atoms with Gasteiger partial charge >= 0.3 is 0 Å². The van der Waals surface area contributed by atoms with Crippen LogP contribution in [0.3, 0.4) is 0 Å². The first-order chi connectivity index (χ1) is 11.9. The number of anilines is 1. The lowest BCUT2D eigenvalue weighted by molar-refractivity contribution is -0.0122. The number of aromatic nitrogens is 1. The van der Waals surface area contributed by atoms with Gasteiger partial charge in [0.15, 0.2) is 16.3 Å². The topological polar surface area (TPSA) is 72.5 Å². The van der Waals surface area contributed by atoms with Gasteiger partial charge in [0.2, 0.25) is 0 Å². The first-order valence-electron chi connectivity index (χ1n) is 7.35. The maximum atomic E-state index is 13.5. The lowest BCUT2D eigenvalue weighted by Crippen LogP contribution is -2.34. The average Bonchev–Trinajstić information content (AvgIpc) is 3.02. The number of alkyl halides is 2. The van der Waals surface area contributed by atoms with E-state index in [0.717, 1.165) is 11.4 Å². The van der Waals surface area contributed by atoms with Gasteiger partial charge in [-0.2, -0.15) is 0 Å². The van der Waals surface area contributed by atoms with Gasteiger partial charge in [0.25, 0.3) is 0 Å². The molecular formula is C16H14Cl3FN4O. The molecule has 0 saturated carbocycles. The van der Waals surface area contributed by atoms with E-state index in [1.807, 2.05) is 0 Å². The second-order valence-corrected chi connectivity index (χ2v) is 6.99. The molecule has 0 saturated heterocycles. The highest BCUT2D eigenvalue weighted by Gasteiger charge is 2.47. The van der Waals surface area contributed by atoms with E-state index in [-0.39, 0.29) is 11.4 Å². The second kappa shape index (κ2) is 7.33. The summed E-state index contributed by atoms with van der Waals surface area (Å²) in [5, 5.41) is 7.12. The van der Waals surface area contributed by atoms with Crippen molar-refractivity contribution in [3.8, 4) is 0 Å². The van der Waals surface area contributed by atoms with Gasteiger partial charge < -0.3 is 15.9 Å². The summed E-state index contributed by atoms with van der Waals surface area (Å²) in [6.45, 7) is 0.321. The molecule has 9 heteroatoms. The van der Waals surface area contributed by atoms with E-state index in [9.17, 15) is 4.39 Å². The van der Waals surface area contributed by atoms with Crippen LogP contribution >= 0.6 is 34.8 Å². The van der Waals surface area contributed by atoms with Crippen molar-refractivity contribution in [3.63, 3.8) is 0 Å². The van der Waals surface area contributed by atoms with Gasteiger partial charge in [0.1, 0.15) is 5.82 Å². The Morgan fingerprint density at radius 1 is 1.32 bits per heavy atom. The number of amidine groups is 1. The Labute approximate surface area is 158 Å². The third-order valence-electron chi connectivity index (χ3n) is 3.82. The molecule has 1 aromatic heterocycles. The zero-order valence-electron chi connectivity index (χ0n) is 12.8. The zero-order chi connectivity index (χ0) is 18.0. The third-order valence-corrected chi connectivity index (χ3v) is 4.82. The van der Waals surface area contributed by atoms with Crippen molar-refractivity contribution in [1.29, 1.82) is 0 Å². The van der Waals surface area contributed by atoms with Crippen LogP contribution in [0, 0.1) is 5.82 Å². The van der Waals surface area contributed by atoms with Crippen molar-refractivity contribution in [2.45, 2.75) is 23.4 Å². The van der Waals surface area contributed by atoms with Crippen LogP contribution in [0.2, 0.25) is 5.02 Å². The minimum atomic E-state index is -1.16. The summed E-state index contributed by atoms with van der Waals surface area (Å²) in [6, 6.07) is 7.77. The smallest absolute Gasteiger partial charge is 0.199 e. The molecule has 25 heavy (non-hydrogen) atoms. The van der Waals surface area contributed by atoms with E-state index in [1.165, 1.54) is 18.2 Å². The largest absolute Gasteiger partial charge is 0.379 e.